The minimum absolute atomic E-state index is 0.342. The number of nitrogens with zero attached hydrogens (tertiary/aromatic N) is 2. The summed E-state index contributed by atoms with van der Waals surface area (Å²) in [7, 11) is 0. The van der Waals surface area contributed by atoms with Crippen molar-refractivity contribution < 1.29 is 4.42 Å². The maximum Gasteiger partial charge on any atom is 0.191 e. The molecule has 0 aliphatic rings. The van der Waals surface area contributed by atoms with Crippen LogP contribution in [0.25, 0.3) is 11.3 Å². The lowest BCUT2D eigenvalue weighted by molar-refractivity contribution is 0.534. The minimum atomic E-state index is 0.342. The van der Waals surface area contributed by atoms with E-state index in [4.69, 9.17) is 21.8 Å². The number of rotatable bonds is 1. The first-order valence-corrected chi connectivity index (χ1v) is 4.39. The quantitative estimate of drug-likeness (QED) is 0.732. The summed E-state index contributed by atoms with van der Waals surface area (Å²) in [6, 6.07) is 3.36. The number of anilines is 1. The zero-order valence-electron chi connectivity index (χ0n) is 7.49. The topological polar surface area (TPSA) is 64.9 Å². The molecule has 0 saturated heterocycles. The Morgan fingerprint density at radius 2 is 2.21 bits per heavy atom. The Kier molecular flexibility index (Phi) is 2.13. The molecule has 0 spiro atoms. The Balaban J connectivity index is 2.51. The van der Waals surface area contributed by atoms with Crippen LogP contribution in [-0.2, 0) is 0 Å². The molecule has 0 saturated carbocycles. The summed E-state index contributed by atoms with van der Waals surface area (Å²) < 4.78 is 5.33. The van der Waals surface area contributed by atoms with Crippen molar-refractivity contribution in [1.82, 2.24) is 9.97 Å². The van der Waals surface area contributed by atoms with Crippen LogP contribution in [0.1, 0.15) is 5.89 Å². The number of oxazole rings is 1. The van der Waals surface area contributed by atoms with Gasteiger partial charge in [0, 0.05) is 12.5 Å². The van der Waals surface area contributed by atoms with Crippen molar-refractivity contribution in [3.63, 3.8) is 0 Å². The molecule has 0 amide bonds. The molecule has 2 heterocycles. The summed E-state index contributed by atoms with van der Waals surface area (Å²) in [6.07, 6.45) is 1.63. The molecule has 0 bridgehead atoms. The van der Waals surface area contributed by atoms with Crippen molar-refractivity contribution in [1.29, 1.82) is 0 Å². The van der Waals surface area contributed by atoms with E-state index in [1.807, 2.05) is 0 Å². The van der Waals surface area contributed by atoms with E-state index in [1.165, 1.54) is 0 Å². The molecular formula is C9H8ClN3O. The predicted molar refractivity (Wildman–Crippen MR) is 53.9 cm³/mol. The summed E-state index contributed by atoms with van der Waals surface area (Å²) in [5.41, 5.74) is 6.33. The number of nitrogen functional groups attached to an aromatic ring is 1. The Bertz CT molecular complexity index is 447. The molecule has 0 fully saturated rings. The van der Waals surface area contributed by atoms with Crippen LogP contribution in [0.15, 0.2) is 22.7 Å². The monoisotopic (exact) mass is 209 g/mol. The standard InChI is InChI=1S/C9H8ClN3O/c1-5-12-4-7(14-5)6-2-8(10)13-9(11)3-6/h2-4H,1H3,(H2,11,13). The van der Waals surface area contributed by atoms with Gasteiger partial charge in [-0.25, -0.2) is 9.97 Å². The summed E-state index contributed by atoms with van der Waals surface area (Å²) in [6.45, 7) is 1.77. The van der Waals surface area contributed by atoms with E-state index in [0.29, 0.717) is 22.6 Å². The lowest BCUT2D eigenvalue weighted by Gasteiger charge is -1.98. The molecule has 2 aromatic rings. The van der Waals surface area contributed by atoms with Crippen molar-refractivity contribution in [2.75, 3.05) is 5.73 Å². The molecule has 2 rings (SSSR count). The van der Waals surface area contributed by atoms with Gasteiger partial charge in [-0.3, -0.25) is 0 Å². The first-order valence-electron chi connectivity index (χ1n) is 4.01. The molecule has 0 aliphatic carbocycles. The van der Waals surface area contributed by atoms with E-state index >= 15 is 0 Å². The lowest BCUT2D eigenvalue weighted by atomic mass is 10.2. The van der Waals surface area contributed by atoms with Gasteiger partial charge in [0.2, 0.25) is 0 Å². The highest BCUT2D eigenvalue weighted by Crippen LogP contribution is 2.24. The van der Waals surface area contributed by atoms with Gasteiger partial charge in [0.1, 0.15) is 11.0 Å². The molecule has 2 N–H and O–H groups in total. The Morgan fingerprint density at radius 1 is 1.43 bits per heavy atom. The maximum atomic E-state index is 5.75. The van der Waals surface area contributed by atoms with Gasteiger partial charge in [-0.1, -0.05) is 11.6 Å². The van der Waals surface area contributed by atoms with Crippen molar-refractivity contribution in [3.05, 3.63) is 29.4 Å². The van der Waals surface area contributed by atoms with Gasteiger partial charge in [-0.15, -0.1) is 0 Å². The van der Waals surface area contributed by atoms with E-state index in [0.717, 1.165) is 5.56 Å². The molecule has 14 heavy (non-hydrogen) atoms. The zero-order valence-corrected chi connectivity index (χ0v) is 8.25. The average molecular weight is 210 g/mol. The average Bonchev–Trinajstić information content (AvgIpc) is 2.50. The van der Waals surface area contributed by atoms with Crippen LogP contribution >= 0.6 is 11.6 Å². The van der Waals surface area contributed by atoms with Gasteiger partial charge in [-0.05, 0) is 12.1 Å². The van der Waals surface area contributed by atoms with Crippen LogP contribution in [0.4, 0.5) is 5.82 Å². The number of pyridine rings is 1. The molecule has 2 aromatic heterocycles. The largest absolute Gasteiger partial charge is 0.441 e. The van der Waals surface area contributed by atoms with Gasteiger partial charge >= 0.3 is 0 Å². The minimum Gasteiger partial charge on any atom is -0.441 e. The summed E-state index contributed by atoms with van der Waals surface area (Å²) in [5.74, 6) is 1.60. The highest BCUT2D eigenvalue weighted by Gasteiger charge is 2.05. The molecule has 0 atom stereocenters. The van der Waals surface area contributed by atoms with E-state index in [2.05, 4.69) is 9.97 Å². The van der Waals surface area contributed by atoms with Gasteiger partial charge < -0.3 is 10.2 Å². The normalized spacial score (nSPS) is 10.4. The molecule has 0 aromatic carbocycles. The van der Waals surface area contributed by atoms with Crippen molar-refractivity contribution in [3.8, 4) is 11.3 Å². The molecular weight excluding hydrogens is 202 g/mol. The van der Waals surface area contributed by atoms with E-state index in [1.54, 1.807) is 25.3 Å². The van der Waals surface area contributed by atoms with Crippen LogP contribution in [0, 0.1) is 6.92 Å². The predicted octanol–water partition coefficient (Wildman–Crippen LogP) is 2.28. The molecule has 0 radical (unpaired) electrons. The molecule has 72 valence electrons. The SMILES string of the molecule is Cc1ncc(-c2cc(N)nc(Cl)c2)o1. The van der Waals surface area contributed by atoms with Crippen molar-refractivity contribution >= 4 is 17.4 Å². The fourth-order valence-electron chi connectivity index (χ4n) is 1.15. The summed E-state index contributed by atoms with van der Waals surface area (Å²) >= 11 is 5.75. The smallest absolute Gasteiger partial charge is 0.191 e. The molecule has 5 heteroatoms. The number of halogens is 1. The summed E-state index contributed by atoms with van der Waals surface area (Å²) in [4.78, 5) is 7.83. The molecule has 4 nitrogen and oxygen atoms in total. The van der Waals surface area contributed by atoms with Crippen LogP contribution in [-0.4, -0.2) is 9.97 Å². The van der Waals surface area contributed by atoms with Crippen molar-refractivity contribution in [2.45, 2.75) is 6.92 Å². The zero-order chi connectivity index (χ0) is 10.1. The molecule has 0 unspecified atom stereocenters. The number of hydrogen-bond donors (Lipinski definition) is 1. The fraction of sp³-hybridized carbons (Fsp3) is 0.111. The first-order chi connectivity index (χ1) is 6.65. The third-order valence-electron chi connectivity index (χ3n) is 1.72. The Morgan fingerprint density at radius 3 is 2.79 bits per heavy atom. The highest BCUT2D eigenvalue weighted by molar-refractivity contribution is 6.29. The fourth-order valence-corrected chi connectivity index (χ4v) is 1.37. The van der Waals surface area contributed by atoms with Crippen LogP contribution in [0.5, 0.6) is 0 Å². The Labute approximate surface area is 85.7 Å². The van der Waals surface area contributed by atoms with Gasteiger partial charge in [0.15, 0.2) is 11.7 Å². The summed E-state index contributed by atoms with van der Waals surface area (Å²) in [5, 5.41) is 0.342. The maximum absolute atomic E-state index is 5.75. The van der Waals surface area contributed by atoms with E-state index < -0.39 is 0 Å². The van der Waals surface area contributed by atoms with E-state index in [-0.39, 0.29) is 0 Å². The number of aryl methyl sites for hydroxylation is 1. The van der Waals surface area contributed by atoms with Crippen LogP contribution < -0.4 is 5.73 Å². The number of hydrogen-bond acceptors (Lipinski definition) is 4. The molecule has 0 aliphatic heterocycles. The third kappa shape index (κ3) is 1.70. The van der Waals surface area contributed by atoms with E-state index in [9.17, 15) is 0 Å². The highest BCUT2D eigenvalue weighted by atomic mass is 35.5. The number of aromatic nitrogens is 2. The first kappa shape index (κ1) is 9.02. The second-order valence-corrected chi connectivity index (χ2v) is 3.23. The van der Waals surface area contributed by atoms with Crippen molar-refractivity contribution in [2.24, 2.45) is 0 Å². The van der Waals surface area contributed by atoms with Crippen LogP contribution in [0.2, 0.25) is 5.15 Å². The number of nitrogens with two attached hydrogens (primary N) is 1. The Hall–Kier alpha value is -1.55. The lowest BCUT2D eigenvalue weighted by Crippen LogP contribution is -1.90. The van der Waals surface area contributed by atoms with Gasteiger partial charge in [0.25, 0.3) is 0 Å². The second-order valence-electron chi connectivity index (χ2n) is 2.85. The van der Waals surface area contributed by atoms with Crippen LogP contribution in [0.3, 0.4) is 0 Å². The van der Waals surface area contributed by atoms with Gasteiger partial charge in [0.05, 0.1) is 6.20 Å². The van der Waals surface area contributed by atoms with Gasteiger partial charge in [-0.2, -0.15) is 0 Å². The third-order valence-corrected chi connectivity index (χ3v) is 1.91. The second kappa shape index (κ2) is 3.31.